The van der Waals surface area contributed by atoms with E-state index in [0.717, 1.165) is 0 Å². The third-order valence-corrected chi connectivity index (χ3v) is 3.41. The number of nitrogen functional groups attached to an aromatic ring is 1. The van der Waals surface area contributed by atoms with Gasteiger partial charge in [-0.05, 0) is 18.6 Å². The van der Waals surface area contributed by atoms with E-state index < -0.39 is 4.92 Å². The van der Waals surface area contributed by atoms with Gasteiger partial charge >= 0.3 is 0 Å². The zero-order valence-electron chi connectivity index (χ0n) is 11.6. The molecule has 0 radical (unpaired) electrons. The van der Waals surface area contributed by atoms with Crippen molar-refractivity contribution in [2.24, 2.45) is 5.73 Å². The van der Waals surface area contributed by atoms with Gasteiger partial charge in [0, 0.05) is 35.0 Å². The highest BCUT2D eigenvalue weighted by Gasteiger charge is 2.16. The van der Waals surface area contributed by atoms with Crippen molar-refractivity contribution in [1.82, 2.24) is 10.2 Å². The number of nitrogens with zero attached hydrogens (tertiary/aromatic N) is 3. The van der Waals surface area contributed by atoms with Gasteiger partial charge < -0.3 is 11.5 Å². The summed E-state index contributed by atoms with van der Waals surface area (Å²) in [7, 11) is 0. The minimum absolute atomic E-state index is 0.0910. The van der Waals surface area contributed by atoms with Crippen LogP contribution >= 0.6 is 11.6 Å². The van der Waals surface area contributed by atoms with Crippen LogP contribution in [0.2, 0.25) is 5.15 Å². The first-order chi connectivity index (χ1) is 10.4. The molecule has 1 aromatic carbocycles. The first-order valence-corrected chi connectivity index (χ1v) is 6.75. The third-order valence-electron chi connectivity index (χ3n) is 3.12. The van der Waals surface area contributed by atoms with Crippen molar-refractivity contribution in [2.45, 2.75) is 12.5 Å². The lowest BCUT2D eigenvalue weighted by Crippen LogP contribution is -2.11. The molecular formula is C14H14ClN5O2. The van der Waals surface area contributed by atoms with E-state index in [9.17, 15) is 10.1 Å². The van der Waals surface area contributed by atoms with E-state index in [2.05, 4.69) is 16.8 Å². The molecule has 0 saturated heterocycles. The minimum Gasteiger partial charge on any atom is -0.398 e. The molecule has 22 heavy (non-hydrogen) atoms. The van der Waals surface area contributed by atoms with Crippen LogP contribution in [0.5, 0.6) is 0 Å². The largest absolute Gasteiger partial charge is 0.398 e. The van der Waals surface area contributed by atoms with Gasteiger partial charge in [-0.25, -0.2) is 0 Å². The highest BCUT2D eigenvalue weighted by atomic mass is 35.5. The fraction of sp³-hybridized carbons (Fsp3) is 0.143. The van der Waals surface area contributed by atoms with Crippen LogP contribution in [0.15, 0.2) is 36.9 Å². The molecule has 0 bridgehead atoms. The highest BCUT2D eigenvalue weighted by molar-refractivity contribution is 6.30. The van der Waals surface area contributed by atoms with Gasteiger partial charge in [-0.2, -0.15) is 0 Å². The molecule has 1 heterocycles. The zero-order chi connectivity index (χ0) is 16.3. The Morgan fingerprint density at radius 1 is 1.41 bits per heavy atom. The lowest BCUT2D eigenvalue weighted by molar-refractivity contribution is -0.384. The van der Waals surface area contributed by atoms with Crippen molar-refractivity contribution in [1.29, 1.82) is 0 Å². The Hall–Kier alpha value is -2.51. The fourth-order valence-corrected chi connectivity index (χ4v) is 2.22. The number of nitro benzene ring substituents is 1. The molecule has 0 aliphatic rings. The lowest BCUT2D eigenvalue weighted by Gasteiger charge is -2.12. The van der Waals surface area contributed by atoms with E-state index in [1.807, 2.05) is 0 Å². The van der Waals surface area contributed by atoms with E-state index in [0.29, 0.717) is 23.2 Å². The summed E-state index contributed by atoms with van der Waals surface area (Å²) < 4.78 is 0. The summed E-state index contributed by atoms with van der Waals surface area (Å²) in [6, 6.07) is 5.47. The summed E-state index contributed by atoms with van der Waals surface area (Å²) in [5.74, 6) is 0. The van der Waals surface area contributed by atoms with Crippen LogP contribution < -0.4 is 11.5 Å². The van der Waals surface area contributed by atoms with E-state index in [4.69, 9.17) is 23.1 Å². The van der Waals surface area contributed by atoms with E-state index in [1.165, 1.54) is 18.2 Å². The van der Waals surface area contributed by atoms with Crippen LogP contribution in [0, 0.1) is 10.1 Å². The Labute approximate surface area is 131 Å². The van der Waals surface area contributed by atoms with Crippen LogP contribution in [0.25, 0.3) is 11.3 Å². The Bertz CT molecular complexity index is 735. The lowest BCUT2D eigenvalue weighted by atomic mass is 10.0. The van der Waals surface area contributed by atoms with Gasteiger partial charge in [0.15, 0.2) is 5.15 Å². The fourth-order valence-electron chi connectivity index (χ4n) is 1.99. The molecular weight excluding hydrogens is 306 g/mol. The summed E-state index contributed by atoms with van der Waals surface area (Å²) in [5.41, 5.74) is 13.6. The van der Waals surface area contributed by atoms with Gasteiger partial charge in [-0.3, -0.25) is 10.1 Å². The van der Waals surface area contributed by atoms with Crippen LogP contribution in [0.1, 0.15) is 18.0 Å². The Morgan fingerprint density at radius 3 is 2.73 bits per heavy atom. The predicted octanol–water partition coefficient (Wildman–Crippen LogP) is 2.86. The molecule has 0 aliphatic heterocycles. The summed E-state index contributed by atoms with van der Waals surface area (Å²) >= 11 is 6.01. The molecule has 4 N–H and O–H groups in total. The molecule has 0 saturated carbocycles. The Morgan fingerprint density at radius 2 is 2.14 bits per heavy atom. The van der Waals surface area contributed by atoms with E-state index in [-0.39, 0.29) is 22.6 Å². The number of rotatable bonds is 5. The standard InChI is InChI=1S/C14H14ClN5O2/c1-2-3-11(16)10-7-13(18-19-14(10)15)9-5-4-8(20(21)22)6-12(9)17/h2,4-7,11H,1,3,16-17H2/t11-/m0/s1. The van der Waals surface area contributed by atoms with Crippen LogP contribution in [0.3, 0.4) is 0 Å². The van der Waals surface area contributed by atoms with Gasteiger partial charge in [0.1, 0.15) is 0 Å². The smallest absolute Gasteiger partial charge is 0.271 e. The molecule has 0 spiro atoms. The van der Waals surface area contributed by atoms with Gasteiger partial charge in [0.05, 0.1) is 10.6 Å². The first-order valence-electron chi connectivity index (χ1n) is 6.38. The number of hydrogen-bond acceptors (Lipinski definition) is 6. The van der Waals surface area contributed by atoms with Crippen molar-refractivity contribution in [3.05, 3.63) is 57.8 Å². The second kappa shape index (κ2) is 6.50. The number of anilines is 1. The summed E-state index contributed by atoms with van der Waals surface area (Å²) in [4.78, 5) is 10.2. The van der Waals surface area contributed by atoms with Gasteiger partial charge in [0.2, 0.25) is 0 Å². The summed E-state index contributed by atoms with van der Waals surface area (Å²) in [5, 5.41) is 18.8. The van der Waals surface area contributed by atoms with Crippen molar-refractivity contribution >= 4 is 23.0 Å². The first kappa shape index (κ1) is 15.9. The molecule has 8 heteroatoms. The molecule has 7 nitrogen and oxygen atoms in total. The second-order valence-corrected chi connectivity index (χ2v) is 4.99. The second-order valence-electron chi connectivity index (χ2n) is 4.64. The van der Waals surface area contributed by atoms with Crippen LogP contribution in [-0.4, -0.2) is 15.1 Å². The molecule has 0 aliphatic carbocycles. The average molecular weight is 320 g/mol. The normalized spacial score (nSPS) is 11.9. The SMILES string of the molecule is C=CC[C@H](N)c1cc(-c2ccc([N+](=O)[O-])cc2N)nnc1Cl. The predicted molar refractivity (Wildman–Crippen MR) is 85.3 cm³/mol. The number of halogens is 1. The number of non-ortho nitro benzene ring substituents is 1. The van der Waals surface area contributed by atoms with Crippen molar-refractivity contribution < 1.29 is 4.92 Å². The summed E-state index contributed by atoms with van der Waals surface area (Å²) in [6.07, 6.45) is 2.21. The van der Waals surface area contributed by atoms with Gasteiger partial charge in [-0.15, -0.1) is 16.8 Å². The maximum absolute atomic E-state index is 10.7. The molecule has 1 aromatic heterocycles. The highest BCUT2D eigenvalue weighted by Crippen LogP contribution is 2.31. The number of aromatic nitrogens is 2. The maximum Gasteiger partial charge on any atom is 0.271 e. The van der Waals surface area contributed by atoms with Crippen LogP contribution in [0.4, 0.5) is 11.4 Å². The monoisotopic (exact) mass is 319 g/mol. The molecule has 2 rings (SSSR count). The number of nitrogens with two attached hydrogens (primary N) is 2. The minimum atomic E-state index is -0.515. The van der Waals surface area contributed by atoms with Gasteiger partial charge in [-0.1, -0.05) is 17.7 Å². The van der Waals surface area contributed by atoms with E-state index in [1.54, 1.807) is 12.1 Å². The van der Waals surface area contributed by atoms with Gasteiger partial charge in [0.25, 0.3) is 5.69 Å². The molecule has 0 amide bonds. The quantitative estimate of drug-likeness (QED) is 0.378. The number of benzene rings is 1. The summed E-state index contributed by atoms with van der Waals surface area (Å²) in [6.45, 7) is 3.63. The molecule has 114 valence electrons. The zero-order valence-corrected chi connectivity index (χ0v) is 12.3. The van der Waals surface area contributed by atoms with Crippen molar-refractivity contribution in [3.8, 4) is 11.3 Å². The number of nitro groups is 1. The van der Waals surface area contributed by atoms with Crippen molar-refractivity contribution in [2.75, 3.05) is 5.73 Å². The average Bonchev–Trinajstić information content (AvgIpc) is 2.48. The Balaban J connectivity index is 2.47. The molecule has 0 unspecified atom stereocenters. The van der Waals surface area contributed by atoms with E-state index >= 15 is 0 Å². The third kappa shape index (κ3) is 3.21. The van der Waals surface area contributed by atoms with Crippen molar-refractivity contribution in [3.63, 3.8) is 0 Å². The van der Waals surface area contributed by atoms with Crippen LogP contribution in [-0.2, 0) is 0 Å². The Kier molecular flexibility index (Phi) is 4.69. The number of hydrogen-bond donors (Lipinski definition) is 2. The topological polar surface area (TPSA) is 121 Å². The maximum atomic E-state index is 10.7. The molecule has 1 atom stereocenters. The molecule has 2 aromatic rings. The molecule has 0 fully saturated rings.